The van der Waals surface area contributed by atoms with Crippen LogP contribution in [0.1, 0.15) is 82.8 Å². The van der Waals surface area contributed by atoms with Gasteiger partial charge in [0.25, 0.3) is 0 Å². The van der Waals surface area contributed by atoms with Crippen LogP contribution in [0, 0.1) is 5.92 Å². The van der Waals surface area contributed by atoms with Crippen molar-refractivity contribution in [3.63, 3.8) is 0 Å². The van der Waals surface area contributed by atoms with Crippen LogP contribution in [0.2, 0.25) is 0 Å². The van der Waals surface area contributed by atoms with Crippen LogP contribution < -0.4 is 32.3 Å². The highest BCUT2D eigenvalue weighted by Gasteiger charge is 2.41. The molecule has 7 amide bonds. The number of carbonyl (C=O) groups excluding carboxylic acids is 7. The van der Waals surface area contributed by atoms with Gasteiger partial charge in [-0.1, -0.05) is 74.5 Å². The number of rotatable bonds is 28. The van der Waals surface area contributed by atoms with E-state index >= 15 is 0 Å². The Kier molecular flexibility index (Phi) is 23.5. The average Bonchev–Trinajstić information content (AvgIpc) is 4.04. The van der Waals surface area contributed by atoms with Gasteiger partial charge >= 0.3 is 11.9 Å². The highest BCUT2D eigenvalue weighted by atomic mass is 32.2. The fraction of sp³-hybridized carbons (Fsp3) is 0.571. The third-order valence-corrected chi connectivity index (χ3v) is 13.6. The Morgan fingerprint density at radius 2 is 1.04 bits per heavy atom. The fourth-order valence-corrected chi connectivity index (χ4v) is 9.56. The van der Waals surface area contributed by atoms with Crippen LogP contribution in [0.25, 0.3) is 0 Å². The lowest BCUT2D eigenvalue weighted by Gasteiger charge is -2.31. The topological polar surface area (TPSA) is 287 Å². The first-order chi connectivity index (χ1) is 33.4. The molecule has 2 aliphatic rings. The molecule has 0 aromatic heterocycles. The molecule has 0 saturated carbocycles. The molecule has 0 aliphatic carbocycles. The van der Waals surface area contributed by atoms with E-state index in [0.29, 0.717) is 42.9 Å². The summed E-state index contributed by atoms with van der Waals surface area (Å²) in [6.07, 6.45) is 5.05. The second-order valence-corrected chi connectivity index (χ2v) is 20.1. The molecule has 2 heterocycles. The van der Waals surface area contributed by atoms with Crippen molar-refractivity contribution in [2.45, 2.75) is 133 Å². The van der Waals surface area contributed by atoms with Gasteiger partial charge in [0.05, 0.1) is 6.04 Å². The highest BCUT2D eigenvalue weighted by molar-refractivity contribution is 7.98. The van der Waals surface area contributed by atoms with Crippen molar-refractivity contribution in [2.24, 2.45) is 11.7 Å². The van der Waals surface area contributed by atoms with Crippen molar-refractivity contribution in [3.8, 4) is 0 Å². The Labute approximate surface area is 418 Å². The average molecular weight is 1010 g/mol. The second kappa shape index (κ2) is 28.9. The molecule has 2 aromatic carbocycles. The van der Waals surface area contributed by atoms with Gasteiger partial charge in [-0.05, 0) is 98.8 Å². The maximum absolute atomic E-state index is 14.3. The van der Waals surface area contributed by atoms with E-state index in [9.17, 15) is 53.4 Å². The van der Waals surface area contributed by atoms with Crippen LogP contribution in [0.15, 0.2) is 60.7 Å². The number of aliphatic carboxylic acids is 2. The monoisotopic (exact) mass is 1010 g/mol. The van der Waals surface area contributed by atoms with Crippen LogP contribution in [0.3, 0.4) is 0 Å². The van der Waals surface area contributed by atoms with Crippen molar-refractivity contribution in [3.05, 3.63) is 71.8 Å². The molecular weight excluding hydrogens is 941 g/mol. The summed E-state index contributed by atoms with van der Waals surface area (Å²) in [6.45, 7) is 4.16. The molecule has 2 aliphatic heterocycles. The van der Waals surface area contributed by atoms with Gasteiger partial charge in [0.2, 0.25) is 41.4 Å². The Morgan fingerprint density at radius 3 is 1.53 bits per heavy atom. The molecular formula is C49H70N8O11S2. The zero-order chi connectivity index (χ0) is 51.3. The molecule has 0 bridgehead atoms. The summed E-state index contributed by atoms with van der Waals surface area (Å²) in [5.74, 6) is -6.28. The van der Waals surface area contributed by atoms with Gasteiger partial charge in [0.1, 0.15) is 42.3 Å². The van der Waals surface area contributed by atoms with E-state index in [2.05, 4.69) is 26.6 Å². The molecule has 21 heteroatoms. The summed E-state index contributed by atoms with van der Waals surface area (Å²) in [7, 11) is 0. The number of nitrogens with two attached hydrogens (primary N) is 1. The van der Waals surface area contributed by atoms with Crippen molar-refractivity contribution >= 4 is 76.8 Å². The summed E-state index contributed by atoms with van der Waals surface area (Å²) >= 11 is 2.82. The number of nitrogens with zero attached hydrogens (tertiary/aromatic N) is 2. The van der Waals surface area contributed by atoms with Crippen LogP contribution in [-0.2, 0) is 56.0 Å². The molecule has 384 valence electrons. The summed E-state index contributed by atoms with van der Waals surface area (Å²) in [5, 5.41) is 33.0. The molecule has 9 N–H and O–H groups in total. The molecule has 0 radical (unpaired) electrons. The molecule has 2 saturated heterocycles. The normalized spacial score (nSPS) is 18.1. The number of amides is 7. The number of nitrogens with one attached hydrogen (secondary N) is 5. The first-order valence-electron chi connectivity index (χ1n) is 23.8. The van der Waals surface area contributed by atoms with Crippen LogP contribution in [0.5, 0.6) is 0 Å². The van der Waals surface area contributed by atoms with E-state index in [1.165, 1.54) is 33.3 Å². The van der Waals surface area contributed by atoms with Gasteiger partial charge in [-0.2, -0.15) is 23.5 Å². The van der Waals surface area contributed by atoms with Crippen molar-refractivity contribution in [1.82, 2.24) is 36.4 Å². The maximum Gasteiger partial charge on any atom is 0.326 e. The molecule has 2 fully saturated rings. The largest absolute Gasteiger partial charge is 0.481 e. The second-order valence-electron chi connectivity index (χ2n) is 18.1. The minimum Gasteiger partial charge on any atom is -0.481 e. The van der Waals surface area contributed by atoms with Crippen LogP contribution in [0.4, 0.5) is 0 Å². The molecule has 70 heavy (non-hydrogen) atoms. The lowest BCUT2D eigenvalue weighted by atomic mass is 10.0. The number of hydrogen-bond acceptors (Lipinski definition) is 12. The summed E-state index contributed by atoms with van der Waals surface area (Å²) < 4.78 is 0. The lowest BCUT2D eigenvalue weighted by Crippen LogP contribution is -2.60. The quantitative estimate of drug-likeness (QED) is 0.0603. The summed E-state index contributed by atoms with van der Waals surface area (Å²) in [4.78, 5) is 124. The van der Waals surface area contributed by atoms with Crippen LogP contribution >= 0.6 is 23.5 Å². The minimum absolute atomic E-state index is 0.0304. The fourth-order valence-electron chi connectivity index (χ4n) is 8.61. The van der Waals surface area contributed by atoms with Crippen molar-refractivity contribution in [2.75, 3.05) is 37.1 Å². The van der Waals surface area contributed by atoms with Gasteiger partial charge in [-0.15, -0.1) is 0 Å². The maximum atomic E-state index is 14.3. The Bertz CT molecular complexity index is 2100. The van der Waals surface area contributed by atoms with E-state index in [4.69, 9.17) is 5.73 Å². The first-order valence-corrected chi connectivity index (χ1v) is 26.6. The van der Waals surface area contributed by atoms with E-state index in [0.717, 1.165) is 5.56 Å². The zero-order valence-electron chi connectivity index (χ0n) is 40.4. The zero-order valence-corrected chi connectivity index (χ0v) is 42.1. The number of hydrogen-bond donors (Lipinski definition) is 8. The molecule has 19 nitrogen and oxygen atoms in total. The predicted octanol–water partition coefficient (Wildman–Crippen LogP) is 1.71. The minimum atomic E-state index is -1.46. The van der Waals surface area contributed by atoms with E-state index in [1.807, 2.05) is 50.4 Å². The Morgan fingerprint density at radius 1 is 0.600 bits per heavy atom. The Hall–Kier alpha value is -5.67. The third-order valence-electron chi connectivity index (χ3n) is 12.3. The molecule has 0 spiro atoms. The van der Waals surface area contributed by atoms with Gasteiger partial charge in [0, 0.05) is 25.9 Å². The number of carboxylic acid groups (broad SMARTS) is 2. The highest BCUT2D eigenvalue weighted by Crippen LogP contribution is 2.22. The SMILES string of the molecule is CSCC[C@H](NC(=O)[C@H](CCC(=O)O)NC(=O)[C@H](CC(C)C)NC(=O)[C@@H]1CCCN1C(=O)[C@@H](N)Cc1ccccc1)C(=O)N[C@@H](CCSC)C(=O)N1CCC[C@H]1C(=O)N[C@@H](Cc1ccccc1)C(=O)O. The van der Waals surface area contributed by atoms with Gasteiger partial charge in [-0.25, -0.2) is 4.79 Å². The third kappa shape index (κ3) is 17.6. The van der Waals surface area contributed by atoms with Gasteiger partial charge in [0.15, 0.2) is 0 Å². The van der Waals surface area contributed by atoms with Gasteiger partial charge < -0.3 is 52.3 Å². The van der Waals surface area contributed by atoms with Crippen molar-refractivity contribution < 1.29 is 53.4 Å². The summed E-state index contributed by atoms with van der Waals surface area (Å²) in [6, 6.07) is 9.02. The molecule has 2 aromatic rings. The molecule has 0 unspecified atom stereocenters. The van der Waals surface area contributed by atoms with Crippen LogP contribution in [-0.4, -0.2) is 159 Å². The number of thioether (sulfide) groups is 2. The van der Waals surface area contributed by atoms with Crippen molar-refractivity contribution in [1.29, 1.82) is 0 Å². The predicted molar refractivity (Wildman–Crippen MR) is 267 cm³/mol. The molecule has 4 rings (SSSR count). The molecule has 8 atom stereocenters. The number of carboxylic acids is 2. The number of carbonyl (C=O) groups is 9. The standard InChI is InChI=1S/C49H70N8O11S2/c1-30(2)27-37(54-45(63)39-17-11-23-56(39)47(65)33(50)28-31-13-7-5-8-14-31)44(62)51-34(19-20-41(58)59)42(60)52-35(21-25-69-3)43(61)53-36(22-26-70-4)48(66)57-24-12-18-40(57)46(64)55-38(49(67)68)29-32-15-9-6-10-16-32/h5-10,13-16,30,33-40H,11-12,17-29,50H2,1-4H3,(H,51,62)(H,52,60)(H,53,61)(H,54,63)(H,55,64)(H,58,59)(H,67,68)/t33-,34-,35-,36-,37-,38-,39-,40-/m0/s1. The first kappa shape index (κ1) is 56.9. The van der Waals surface area contributed by atoms with E-state index < -0.39 is 108 Å². The van der Waals surface area contributed by atoms with E-state index in [1.54, 1.807) is 36.6 Å². The number of benzene rings is 2. The number of likely N-dealkylation sites (tertiary alicyclic amines) is 2. The van der Waals surface area contributed by atoms with E-state index in [-0.39, 0.29) is 57.4 Å². The van der Waals surface area contributed by atoms with Gasteiger partial charge in [-0.3, -0.25) is 38.4 Å². The summed E-state index contributed by atoms with van der Waals surface area (Å²) in [5.41, 5.74) is 7.88. The Balaban J connectivity index is 1.47. The lowest BCUT2D eigenvalue weighted by molar-refractivity contribution is -0.145. The smallest absolute Gasteiger partial charge is 0.326 e.